The van der Waals surface area contributed by atoms with E-state index in [1.54, 1.807) is 22.7 Å². The van der Waals surface area contributed by atoms with Crippen LogP contribution in [-0.4, -0.2) is 30.1 Å². The molecule has 0 aliphatic carbocycles. The van der Waals surface area contributed by atoms with Gasteiger partial charge >= 0.3 is 0 Å². The van der Waals surface area contributed by atoms with Crippen LogP contribution in [0.25, 0.3) is 0 Å². The number of rotatable bonds is 6. The van der Waals surface area contributed by atoms with Crippen LogP contribution in [-0.2, 0) is 16.0 Å². The largest absolute Gasteiger partial charge is 0.368 e. The van der Waals surface area contributed by atoms with Gasteiger partial charge in [-0.1, -0.05) is 12.1 Å². The van der Waals surface area contributed by atoms with Gasteiger partial charge in [0.15, 0.2) is 0 Å². The molecule has 23 heavy (non-hydrogen) atoms. The molecule has 3 nitrogen and oxygen atoms in total. The number of fused-ring (bicyclic) bond motifs is 1. The summed E-state index contributed by atoms with van der Waals surface area (Å²) in [6, 6.07) is 6.36. The van der Waals surface area contributed by atoms with Crippen LogP contribution < -0.4 is 0 Å². The number of amides is 1. The van der Waals surface area contributed by atoms with Crippen LogP contribution in [0, 0.1) is 0 Å². The summed E-state index contributed by atoms with van der Waals surface area (Å²) in [5.74, 6) is 0.0734. The maximum Gasteiger partial charge on any atom is 0.252 e. The Kier molecular flexibility index (Phi) is 5.30. The van der Waals surface area contributed by atoms with Gasteiger partial charge < -0.3 is 9.64 Å². The fourth-order valence-electron chi connectivity index (χ4n) is 2.94. The molecule has 0 aromatic carbocycles. The summed E-state index contributed by atoms with van der Waals surface area (Å²) in [7, 11) is 0. The fourth-order valence-corrected chi connectivity index (χ4v) is 4.70. The van der Waals surface area contributed by atoms with Crippen LogP contribution in [0.4, 0.5) is 0 Å². The molecule has 2 aromatic rings. The zero-order valence-electron chi connectivity index (χ0n) is 13.2. The van der Waals surface area contributed by atoms with Crippen molar-refractivity contribution in [2.75, 3.05) is 13.2 Å². The van der Waals surface area contributed by atoms with Crippen molar-refractivity contribution in [2.24, 2.45) is 0 Å². The Hall–Kier alpha value is -1.43. The molecular weight excluding hydrogens is 326 g/mol. The van der Waals surface area contributed by atoms with Gasteiger partial charge in [-0.05, 0) is 48.2 Å². The first-order valence-corrected chi connectivity index (χ1v) is 9.61. The fraction of sp³-hybridized carbons (Fsp3) is 0.389. The molecule has 3 rings (SSSR count). The molecule has 1 aliphatic heterocycles. The van der Waals surface area contributed by atoms with Crippen LogP contribution in [0.1, 0.15) is 34.7 Å². The van der Waals surface area contributed by atoms with E-state index in [9.17, 15) is 4.79 Å². The quantitative estimate of drug-likeness (QED) is 0.577. The van der Waals surface area contributed by atoms with Crippen molar-refractivity contribution < 1.29 is 9.53 Å². The average Bonchev–Trinajstić information content (AvgIpc) is 3.24. The molecule has 0 bridgehead atoms. The molecule has 0 saturated carbocycles. The summed E-state index contributed by atoms with van der Waals surface area (Å²) in [6.07, 6.45) is 3.09. The first-order valence-electron chi connectivity index (χ1n) is 7.85. The lowest BCUT2D eigenvalue weighted by Gasteiger charge is -2.37. The zero-order chi connectivity index (χ0) is 16.2. The molecule has 0 N–H and O–H groups in total. The maximum absolute atomic E-state index is 12.9. The lowest BCUT2D eigenvalue weighted by atomic mass is 9.98. The summed E-state index contributed by atoms with van der Waals surface area (Å²) in [5.41, 5.74) is 1.27. The number of hydrogen-bond donors (Lipinski definition) is 0. The first-order chi connectivity index (χ1) is 11.2. The molecule has 2 aromatic heterocycles. The van der Waals surface area contributed by atoms with Crippen molar-refractivity contribution in [1.82, 2.24) is 4.90 Å². The molecule has 122 valence electrons. The average molecular weight is 348 g/mol. The number of thiophene rings is 2. The summed E-state index contributed by atoms with van der Waals surface area (Å²) < 4.78 is 5.68. The van der Waals surface area contributed by atoms with E-state index in [0.717, 1.165) is 19.4 Å². The third-order valence-electron chi connectivity index (χ3n) is 4.10. The predicted octanol–water partition coefficient (Wildman–Crippen LogP) is 4.26. The number of carbonyl (C=O) groups is 1. The summed E-state index contributed by atoms with van der Waals surface area (Å²) in [5, 5.41) is 4.20. The minimum Gasteiger partial charge on any atom is -0.368 e. The normalized spacial score (nSPS) is 18.5. The highest BCUT2D eigenvalue weighted by molar-refractivity contribution is 7.10. The number of carbonyl (C=O) groups excluding carboxylic acids is 1. The molecular formula is C18H21NO2S2. The van der Waals surface area contributed by atoms with Gasteiger partial charge in [0.25, 0.3) is 5.91 Å². The molecule has 1 amide bonds. The van der Waals surface area contributed by atoms with Crippen LogP contribution >= 0.6 is 22.7 Å². The van der Waals surface area contributed by atoms with E-state index in [0.29, 0.717) is 6.61 Å². The highest BCUT2D eigenvalue weighted by atomic mass is 32.1. The monoisotopic (exact) mass is 347 g/mol. The smallest absolute Gasteiger partial charge is 0.252 e. The van der Waals surface area contributed by atoms with Crippen molar-refractivity contribution >= 4 is 28.6 Å². The van der Waals surface area contributed by atoms with Gasteiger partial charge in [0.2, 0.25) is 0 Å². The van der Waals surface area contributed by atoms with Crippen LogP contribution in [0.3, 0.4) is 0 Å². The van der Waals surface area contributed by atoms with Gasteiger partial charge in [0, 0.05) is 16.3 Å². The summed E-state index contributed by atoms with van der Waals surface area (Å²) in [6.45, 7) is 6.82. The molecule has 5 heteroatoms. The van der Waals surface area contributed by atoms with E-state index in [4.69, 9.17) is 4.74 Å². The van der Waals surface area contributed by atoms with Gasteiger partial charge in [-0.25, -0.2) is 0 Å². The second-order valence-electron chi connectivity index (χ2n) is 5.59. The first kappa shape index (κ1) is 16.4. The van der Waals surface area contributed by atoms with Crippen LogP contribution in [0.15, 0.2) is 41.6 Å². The van der Waals surface area contributed by atoms with Crippen LogP contribution in [0.2, 0.25) is 0 Å². The third kappa shape index (κ3) is 3.42. The van der Waals surface area contributed by atoms with E-state index >= 15 is 0 Å². The lowest BCUT2D eigenvalue weighted by molar-refractivity contribution is -0.144. The number of nitrogens with zero attached hydrogens (tertiary/aromatic N) is 1. The Bertz CT molecular complexity index is 662. The van der Waals surface area contributed by atoms with Crippen molar-refractivity contribution in [3.63, 3.8) is 0 Å². The van der Waals surface area contributed by atoms with E-state index in [1.807, 2.05) is 24.0 Å². The van der Waals surface area contributed by atoms with Gasteiger partial charge in [0.05, 0.1) is 12.6 Å². The molecule has 2 atom stereocenters. The van der Waals surface area contributed by atoms with E-state index in [1.165, 1.54) is 15.3 Å². The second-order valence-corrected chi connectivity index (χ2v) is 7.57. The number of ether oxygens (including phenoxy) is 1. The highest BCUT2D eigenvalue weighted by Crippen LogP contribution is 2.39. The van der Waals surface area contributed by atoms with E-state index in [-0.39, 0.29) is 11.9 Å². The summed E-state index contributed by atoms with van der Waals surface area (Å²) in [4.78, 5) is 17.5. The minimum atomic E-state index is -0.419. The standard InChI is InChI=1S/C18H21NO2S2/c1-3-4-10-21-13(2)18(20)19-9-7-15-14(8-12-23-15)17(19)16-6-5-11-22-16/h3,5-6,8,11-13,17H,1,4,7,9-10H2,2H3. The Morgan fingerprint density at radius 3 is 3.09 bits per heavy atom. The molecule has 3 heterocycles. The Morgan fingerprint density at radius 2 is 2.35 bits per heavy atom. The van der Waals surface area contributed by atoms with Crippen molar-refractivity contribution in [1.29, 1.82) is 0 Å². The predicted molar refractivity (Wildman–Crippen MR) is 96.1 cm³/mol. The van der Waals surface area contributed by atoms with Gasteiger partial charge in [-0.3, -0.25) is 4.79 Å². The van der Waals surface area contributed by atoms with Gasteiger partial charge in [-0.15, -0.1) is 29.3 Å². The maximum atomic E-state index is 12.9. The Balaban J connectivity index is 1.83. The van der Waals surface area contributed by atoms with Gasteiger partial charge in [-0.2, -0.15) is 0 Å². The van der Waals surface area contributed by atoms with Crippen molar-refractivity contribution in [2.45, 2.75) is 31.9 Å². The topological polar surface area (TPSA) is 29.5 Å². The van der Waals surface area contributed by atoms with Gasteiger partial charge in [0.1, 0.15) is 6.10 Å². The molecule has 2 unspecified atom stereocenters. The molecule has 0 saturated heterocycles. The Labute approximate surface area is 145 Å². The van der Waals surface area contributed by atoms with E-state index < -0.39 is 6.10 Å². The summed E-state index contributed by atoms with van der Waals surface area (Å²) >= 11 is 3.50. The number of hydrogen-bond acceptors (Lipinski definition) is 4. The zero-order valence-corrected chi connectivity index (χ0v) is 14.9. The third-order valence-corrected chi connectivity index (χ3v) is 6.02. The SMILES string of the molecule is C=CCCOC(C)C(=O)N1CCc2sccc2C1c1cccs1. The molecule has 0 spiro atoms. The lowest BCUT2D eigenvalue weighted by Crippen LogP contribution is -2.45. The molecule has 0 fully saturated rings. The second kappa shape index (κ2) is 7.43. The van der Waals surface area contributed by atoms with Crippen molar-refractivity contribution in [3.8, 4) is 0 Å². The highest BCUT2D eigenvalue weighted by Gasteiger charge is 2.35. The van der Waals surface area contributed by atoms with Crippen molar-refractivity contribution in [3.05, 3.63) is 56.9 Å². The van der Waals surface area contributed by atoms with Crippen LogP contribution in [0.5, 0.6) is 0 Å². The Morgan fingerprint density at radius 1 is 1.48 bits per heavy atom. The molecule has 0 radical (unpaired) electrons. The van der Waals surface area contributed by atoms with E-state index in [2.05, 4.69) is 29.5 Å². The molecule has 1 aliphatic rings. The minimum absolute atomic E-state index is 0.0305.